The molecule has 0 bridgehead atoms. The van der Waals surface area contributed by atoms with Gasteiger partial charge in [-0.3, -0.25) is 0 Å². The topological polar surface area (TPSA) is 26.0 Å². The van der Waals surface area contributed by atoms with Crippen LogP contribution in [0.2, 0.25) is 13.7 Å². The van der Waals surface area contributed by atoms with Gasteiger partial charge in [0.1, 0.15) is 5.82 Å². The molecule has 1 heterocycles. The molecule has 2 rings (SSSR count). The fourth-order valence-corrected chi connectivity index (χ4v) is 3.19. The second-order valence-corrected chi connectivity index (χ2v) is 6.15. The number of hydrogen-bond donors (Lipinski definition) is 1. The van der Waals surface area contributed by atoms with E-state index in [-0.39, 0.29) is 0 Å². The van der Waals surface area contributed by atoms with Crippen LogP contribution in [0.15, 0.2) is 24.3 Å². The van der Waals surface area contributed by atoms with E-state index in [0.29, 0.717) is 24.8 Å². The number of rotatable bonds is 2. The lowest BCUT2D eigenvalue weighted by Crippen LogP contribution is -2.13. The zero-order valence-electron chi connectivity index (χ0n) is 8.38. The zero-order valence-corrected chi connectivity index (χ0v) is 11.5. The quantitative estimate of drug-likeness (QED) is 0.839. The summed E-state index contributed by atoms with van der Waals surface area (Å²) in [6, 6.07) is 5.35. The Kier molecular flexibility index (Phi) is 3.95. The standard InChI is InChI=1S/C11H7Cl3FNS/c12-5-1-2-6(8(15)3-5)10(16)7-4-9(13)17-11(7)14/h1-4,10H,16H2. The van der Waals surface area contributed by atoms with Crippen LogP contribution in [-0.2, 0) is 0 Å². The summed E-state index contributed by atoms with van der Waals surface area (Å²) in [5.41, 5.74) is 6.91. The molecule has 0 aliphatic carbocycles. The van der Waals surface area contributed by atoms with Crippen molar-refractivity contribution in [3.8, 4) is 0 Å². The van der Waals surface area contributed by atoms with E-state index in [1.54, 1.807) is 18.2 Å². The van der Waals surface area contributed by atoms with Crippen molar-refractivity contribution in [3.63, 3.8) is 0 Å². The van der Waals surface area contributed by atoms with Gasteiger partial charge in [-0.1, -0.05) is 40.9 Å². The summed E-state index contributed by atoms with van der Waals surface area (Å²) < 4.78 is 14.7. The van der Waals surface area contributed by atoms with Gasteiger partial charge in [0, 0.05) is 16.1 Å². The molecule has 0 amide bonds. The van der Waals surface area contributed by atoms with Gasteiger partial charge >= 0.3 is 0 Å². The minimum Gasteiger partial charge on any atom is -0.320 e. The minimum atomic E-state index is -0.650. The highest BCUT2D eigenvalue weighted by molar-refractivity contribution is 7.20. The van der Waals surface area contributed by atoms with Crippen LogP contribution in [0.25, 0.3) is 0 Å². The van der Waals surface area contributed by atoms with Crippen molar-refractivity contribution in [1.82, 2.24) is 0 Å². The fourth-order valence-electron chi connectivity index (χ4n) is 1.49. The third-order valence-corrected chi connectivity index (χ3v) is 4.07. The van der Waals surface area contributed by atoms with E-state index in [0.717, 1.165) is 0 Å². The Morgan fingerprint density at radius 2 is 1.82 bits per heavy atom. The maximum absolute atomic E-state index is 13.7. The Bertz CT molecular complexity index is 556. The van der Waals surface area contributed by atoms with E-state index in [1.807, 2.05) is 0 Å². The molecule has 6 heteroatoms. The molecule has 1 nitrogen and oxygen atoms in total. The molecule has 1 atom stereocenters. The molecule has 1 aromatic carbocycles. The van der Waals surface area contributed by atoms with Crippen LogP contribution in [0.3, 0.4) is 0 Å². The summed E-state index contributed by atoms with van der Waals surface area (Å²) in [5, 5.41) is 0.327. The molecule has 0 saturated heterocycles. The van der Waals surface area contributed by atoms with Gasteiger partial charge in [-0.2, -0.15) is 0 Å². The molecule has 0 aliphatic heterocycles. The van der Waals surface area contributed by atoms with Crippen molar-refractivity contribution in [2.45, 2.75) is 6.04 Å². The second-order valence-electron chi connectivity index (χ2n) is 3.42. The van der Waals surface area contributed by atoms with E-state index in [2.05, 4.69) is 0 Å². The van der Waals surface area contributed by atoms with Crippen LogP contribution in [0, 0.1) is 5.82 Å². The molecule has 90 valence electrons. The molecule has 0 spiro atoms. The lowest BCUT2D eigenvalue weighted by atomic mass is 10.0. The highest BCUT2D eigenvalue weighted by Gasteiger charge is 2.18. The predicted octanol–water partition coefficient (Wildman–Crippen LogP) is 4.90. The maximum atomic E-state index is 13.7. The van der Waals surface area contributed by atoms with Crippen LogP contribution < -0.4 is 5.73 Å². The summed E-state index contributed by atoms with van der Waals surface area (Å²) in [4.78, 5) is 0. The normalized spacial score (nSPS) is 12.8. The molecule has 0 fully saturated rings. The number of thiophene rings is 1. The van der Waals surface area contributed by atoms with Crippen molar-refractivity contribution in [3.05, 3.63) is 54.9 Å². The van der Waals surface area contributed by atoms with Crippen LogP contribution in [0.4, 0.5) is 4.39 Å². The lowest BCUT2D eigenvalue weighted by molar-refractivity contribution is 0.600. The Labute approximate surface area is 117 Å². The van der Waals surface area contributed by atoms with Crippen molar-refractivity contribution >= 4 is 46.1 Å². The number of benzene rings is 1. The van der Waals surface area contributed by atoms with E-state index in [4.69, 9.17) is 40.5 Å². The molecule has 0 radical (unpaired) electrons. The van der Waals surface area contributed by atoms with Crippen molar-refractivity contribution in [2.75, 3.05) is 0 Å². The lowest BCUT2D eigenvalue weighted by Gasteiger charge is -2.12. The van der Waals surface area contributed by atoms with E-state index >= 15 is 0 Å². The Morgan fingerprint density at radius 1 is 1.12 bits per heavy atom. The first-order valence-electron chi connectivity index (χ1n) is 4.64. The highest BCUT2D eigenvalue weighted by Crippen LogP contribution is 2.37. The molecule has 2 N–H and O–H groups in total. The molecule has 17 heavy (non-hydrogen) atoms. The maximum Gasteiger partial charge on any atom is 0.129 e. The van der Waals surface area contributed by atoms with E-state index < -0.39 is 11.9 Å². The van der Waals surface area contributed by atoms with Gasteiger partial charge in [-0.15, -0.1) is 11.3 Å². The van der Waals surface area contributed by atoms with Gasteiger partial charge in [-0.05, 0) is 18.2 Å². The summed E-state index contributed by atoms with van der Waals surface area (Å²) >= 11 is 18.7. The van der Waals surface area contributed by atoms with E-state index in [9.17, 15) is 4.39 Å². The van der Waals surface area contributed by atoms with Gasteiger partial charge < -0.3 is 5.73 Å². The summed E-state index contributed by atoms with van der Waals surface area (Å²) in [6.45, 7) is 0. The monoisotopic (exact) mass is 309 g/mol. The average Bonchev–Trinajstić information content (AvgIpc) is 2.57. The molecule has 2 aromatic rings. The smallest absolute Gasteiger partial charge is 0.129 e. The minimum absolute atomic E-state index is 0.327. The SMILES string of the molecule is NC(c1ccc(Cl)cc1F)c1cc(Cl)sc1Cl. The Morgan fingerprint density at radius 3 is 2.35 bits per heavy atom. The molecule has 1 unspecified atom stereocenters. The van der Waals surface area contributed by atoms with Crippen molar-refractivity contribution in [2.24, 2.45) is 5.73 Å². The first-order chi connectivity index (χ1) is 7.99. The summed E-state index contributed by atoms with van der Waals surface area (Å²) in [6.07, 6.45) is 0. The summed E-state index contributed by atoms with van der Waals surface area (Å²) in [7, 11) is 0. The van der Waals surface area contributed by atoms with Gasteiger partial charge in [0.2, 0.25) is 0 Å². The third kappa shape index (κ3) is 2.75. The van der Waals surface area contributed by atoms with Crippen molar-refractivity contribution in [1.29, 1.82) is 0 Å². The Hall–Kier alpha value is -0.320. The molecular formula is C11H7Cl3FNS. The molecular weight excluding hydrogens is 304 g/mol. The number of hydrogen-bond acceptors (Lipinski definition) is 2. The van der Waals surface area contributed by atoms with Gasteiger partial charge in [0.25, 0.3) is 0 Å². The van der Waals surface area contributed by atoms with Gasteiger partial charge in [-0.25, -0.2) is 4.39 Å². The largest absolute Gasteiger partial charge is 0.320 e. The predicted molar refractivity (Wildman–Crippen MR) is 71.8 cm³/mol. The second kappa shape index (κ2) is 5.12. The van der Waals surface area contributed by atoms with Crippen LogP contribution >= 0.6 is 46.1 Å². The third-order valence-electron chi connectivity index (χ3n) is 2.32. The number of nitrogens with two attached hydrogens (primary N) is 1. The van der Waals surface area contributed by atoms with E-state index in [1.165, 1.54) is 17.4 Å². The average molecular weight is 311 g/mol. The van der Waals surface area contributed by atoms with Crippen molar-refractivity contribution < 1.29 is 4.39 Å². The summed E-state index contributed by atoms with van der Waals surface area (Å²) in [5.74, 6) is -0.455. The molecule has 0 saturated carbocycles. The van der Waals surface area contributed by atoms with Gasteiger partial charge in [0.15, 0.2) is 0 Å². The Balaban J connectivity index is 2.43. The first kappa shape index (κ1) is 13.1. The number of halogens is 4. The molecule has 0 aliphatic rings. The first-order valence-corrected chi connectivity index (χ1v) is 6.59. The molecule has 1 aromatic heterocycles. The van der Waals surface area contributed by atoms with Crippen LogP contribution in [0.1, 0.15) is 17.2 Å². The highest BCUT2D eigenvalue weighted by atomic mass is 35.5. The fraction of sp³-hybridized carbons (Fsp3) is 0.0909. The van der Waals surface area contributed by atoms with Gasteiger partial charge in [0.05, 0.1) is 14.7 Å². The van der Waals surface area contributed by atoms with Crippen LogP contribution in [-0.4, -0.2) is 0 Å². The zero-order chi connectivity index (χ0) is 12.6. The van der Waals surface area contributed by atoms with Crippen LogP contribution in [0.5, 0.6) is 0 Å².